The first kappa shape index (κ1) is 14.7. The van der Waals surface area contributed by atoms with E-state index in [2.05, 4.69) is 50.4 Å². The van der Waals surface area contributed by atoms with Crippen molar-refractivity contribution in [2.45, 2.75) is 39.2 Å². The second-order valence-electron chi connectivity index (χ2n) is 4.58. The van der Waals surface area contributed by atoms with E-state index < -0.39 is 0 Å². The number of methoxy groups -OCH3 is 1. The molecule has 18 heavy (non-hydrogen) atoms. The molecule has 0 aliphatic heterocycles. The van der Waals surface area contributed by atoms with Gasteiger partial charge in [-0.3, -0.25) is 4.79 Å². The van der Waals surface area contributed by atoms with Gasteiger partial charge in [0, 0.05) is 0 Å². The molecule has 0 spiro atoms. The fourth-order valence-electron chi connectivity index (χ4n) is 2.25. The summed E-state index contributed by atoms with van der Waals surface area (Å²) >= 11 is 0. The lowest BCUT2D eigenvalue weighted by molar-refractivity contribution is -0.142. The lowest BCUT2D eigenvalue weighted by Crippen LogP contribution is -2.43. The Labute approximate surface area is 110 Å². The highest BCUT2D eigenvalue weighted by Gasteiger charge is 2.32. The molecule has 1 N–H and O–H groups in total. The smallest absolute Gasteiger partial charge is 0.307 e. The number of esters is 1. The molecule has 1 aromatic carbocycles. The fourth-order valence-corrected chi connectivity index (χ4v) is 2.25. The van der Waals surface area contributed by atoms with Crippen molar-refractivity contribution in [3.05, 3.63) is 35.4 Å². The van der Waals surface area contributed by atoms with Crippen LogP contribution in [-0.4, -0.2) is 19.6 Å². The maximum absolute atomic E-state index is 11.6. The van der Waals surface area contributed by atoms with Gasteiger partial charge in [-0.2, -0.15) is 0 Å². The van der Waals surface area contributed by atoms with E-state index in [4.69, 9.17) is 4.74 Å². The molecule has 1 unspecified atom stereocenters. The molecule has 1 aromatic rings. The van der Waals surface area contributed by atoms with Crippen LogP contribution in [0.2, 0.25) is 0 Å². The first-order valence-corrected chi connectivity index (χ1v) is 6.47. The molecule has 1 rings (SSSR count). The minimum atomic E-state index is -0.324. The van der Waals surface area contributed by atoms with Crippen LogP contribution < -0.4 is 5.32 Å². The highest BCUT2D eigenvalue weighted by atomic mass is 16.5. The van der Waals surface area contributed by atoms with Crippen LogP contribution in [-0.2, 0) is 15.1 Å². The maximum Gasteiger partial charge on any atom is 0.307 e. The summed E-state index contributed by atoms with van der Waals surface area (Å²) in [4.78, 5) is 11.6. The predicted molar refractivity (Wildman–Crippen MR) is 73.5 cm³/mol. The van der Waals surface area contributed by atoms with Crippen LogP contribution in [0, 0.1) is 6.92 Å². The molecule has 0 saturated heterocycles. The van der Waals surface area contributed by atoms with Crippen molar-refractivity contribution >= 4 is 5.97 Å². The number of carbonyl (C=O) groups is 1. The molecule has 0 aliphatic carbocycles. The third kappa shape index (κ3) is 3.33. The van der Waals surface area contributed by atoms with Gasteiger partial charge in [0.15, 0.2) is 0 Å². The molecule has 0 fully saturated rings. The SMILES string of the molecule is CCNC(CC)(CC(=O)OC)c1ccc(C)cc1. The minimum Gasteiger partial charge on any atom is -0.469 e. The molecule has 0 amide bonds. The van der Waals surface area contributed by atoms with E-state index in [1.165, 1.54) is 12.7 Å². The van der Waals surface area contributed by atoms with Crippen LogP contribution in [0.1, 0.15) is 37.8 Å². The lowest BCUT2D eigenvalue weighted by atomic mass is 9.83. The van der Waals surface area contributed by atoms with E-state index >= 15 is 0 Å². The number of rotatable bonds is 6. The van der Waals surface area contributed by atoms with Crippen LogP contribution in [0.15, 0.2) is 24.3 Å². The Bertz CT molecular complexity index is 386. The van der Waals surface area contributed by atoms with Crippen molar-refractivity contribution < 1.29 is 9.53 Å². The molecule has 0 aromatic heterocycles. The Hall–Kier alpha value is -1.35. The summed E-state index contributed by atoms with van der Waals surface area (Å²) in [5.41, 5.74) is 2.04. The van der Waals surface area contributed by atoms with Crippen LogP contribution >= 0.6 is 0 Å². The normalized spacial score (nSPS) is 14.0. The van der Waals surface area contributed by atoms with E-state index in [-0.39, 0.29) is 11.5 Å². The monoisotopic (exact) mass is 249 g/mol. The molecular weight excluding hydrogens is 226 g/mol. The van der Waals surface area contributed by atoms with Crippen molar-refractivity contribution in [2.24, 2.45) is 0 Å². The predicted octanol–water partition coefficient (Wildman–Crippen LogP) is 2.77. The van der Waals surface area contributed by atoms with Crippen LogP contribution in [0.4, 0.5) is 0 Å². The Morgan fingerprint density at radius 2 is 1.89 bits per heavy atom. The minimum absolute atomic E-state index is 0.182. The number of carbonyl (C=O) groups excluding carboxylic acids is 1. The first-order chi connectivity index (χ1) is 8.57. The van der Waals surface area contributed by atoms with E-state index in [1.807, 2.05) is 0 Å². The van der Waals surface area contributed by atoms with Crippen molar-refractivity contribution in [3.8, 4) is 0 Å². The summed E-state index contributed by atoms with van der Waals surface area (Å²) in [5.74, 6) is -0.182. The summed E-state index contributed by atoms with van der Waals surface area (Å²) < 4.78 is 4.82. The van der Waals surface area contributed by atoms with Gasteiger partial charge in [-0.15, -0.1) is 0 Å². The van der Waals surface area contributed by atoms with E-state index in [9.17, 15) is 4.79 Å². The summed E-state index contributed by atoms with van der Waals surface area (Å²) in [6.07, 6.45) is 1.20. The summed E-state index contributed by atoms with van der Waals surface area (Å²) in [7, 11) is 1.43. The Balaban J connectivity index is 3.09. The highest BCUT2D eigenvalue weighted by molar-refractivity contribution is 5.71. The van der Waals surface area contributed by atoms with Crippen molar-refractivity contribution in [3.63, 3.8) is 0 Å². The lowest BCUT2D eigenvalue weighted by Gasteiger charge is -2.33. The molecule has 0 saturated carbocycles. The first-order valence-electron chi connectivity index (χ1n) is 6.47. The number of hydrogen-bond acceptors (Lipinski definition) is 3. The second-order valence-corrected chi connectivity index (χ2v) is 4.58. The molecule has 0 heterocycles. The van der Waals surface area contributed by atoms with Gasteiger partial charge < -0.3 is 10.1 Å². The van der Waals surface area contributed by atoms with Crippen LogP contribution in [0.3, 0.4) is 0 Å². The van der Waals surface area contributed by atoms with Gasteiger partial charge in [-0.1, -0.05) is 43.7 Å². The standard InChI is InChI=1S/C15H23NO2/c1-5-15(16-6-2,11-14(17)18-4)13-9-7-12(3)8-10-13/h7-10,16H,5-6,11H2,1-4H3. The Kier molecular flexibility index (Phi) is 5.35. The zero-order valence-corrected chi connectivity index (χ0v) is 11.7. The zero-order valence-electron chi connectivity index (χ0n) is 11.7. The van der Waals surface area contributed by atoms with Crippen LogP contribution in [0.5, 0.6) is 0 Å². The highest BCUT2D eigenvalue weighted by Crippen LogP contribution is 2.29. The molecule has 0 bridgehead atoms. The van der Waals surface area contributed by atoms with Crippen molar-refractivity contribution in [2.75, 3.05) is 13.7 Å². The molecule has 0 radical (unpaired) electrons. The maximum atomic E-state index is 11.6. The summed E-state index contributed by atoms with van der Waals surface area (Å²) in [6, 6.07) is 8.33. The molecule has 1 atom stereocenters. The zero-order chi connectivity index (χ0) is 13.6. The molecular formula is C15H23NO2. The van der Waals surface area contributed by atoms with Gasteiger partial charge in [-0.25, -0.2) is 0 Å². The van der Waals surface area contributed by atoms with Gasteiger partial charge in [0.25, 0.3) is 0 Å². The van der Waals surface area contributed by atoms with Gasteiger partial charge in [0.1, 0.15) is 0 Å². The van der Waals surface area contributed by atoms with Gasteiger partial charge in [0.2, 0.25) is 0 Å². The number of aryl methyl sites for hydroxylation is 1. The molecule has 3 heteroatoms. The quantitative estimate of drug-likeness (QED) is 0.788. The van der Waals surface area contributed by atoms with E-state index in [0.717, 1.165) is 18.5 Å². The topological polar surface area (TPSA) is 38.3 Å². The van der Waals surface area contributed by atoms with Gasteiger partial charge >= 0.3 is 5.97 Å². The number of hydrogen-bond donors (Lipinski definition) is 1. The molecule has 0 aliphatic rings. The molecule has 3 nitrogen and oxygen atoms in total. The average molecular weight is 249 g/mol. The fraction of sp³-hybridized carbons (Fsp3) is 0.533. The number of ether oxygens (including phenoxy) is 1. The Morgan fingerprint density at radius 3 is 2.33 bits per heavy atom. The number of nitrogens with one attached hydrogen (secondary N) is 1. The molecule has 100 valence electrons. The third-order valence-corrected chi connectivity index (χ3v) is 3.40. The van der Waals surface area contributed by atoms with E-state index in [1.54, 1.807) is 0 Å². The Morgan fingerprint density at radius 1 is 1.28 bits per heavy atom. The van der Waals surface area contributed by atoms with Crippen molar-refractivity contribution in [1.82, 2.24) is 5.32 Å². The third-order valence-electron chi connectivity index (χ3n) is 3.40. The van der Waals surface area contributed by atoms with Gasteiger partial charge in [-0.05, 0) is 25.5 Å². The second kappa shape index (κ2) is 6.55. The number of benzene rings is 1. The van der Waals surface area contributed by atoms with Crippen LogP contribution in [0.25, 0.3) is 0 Å². The average Bonchev–Trinajstić information content (AvgIpc) is 2.38. The largest absolute Gasteiger partial charge is 0.469 e. The van der Waals surface area contributed by atoms with Crippen molar-refractivity contribution in [1.29, 1.82) is 0 Å². The van der Waals surface area contributed by atoms with E-state index in [0.29, 0.717) is 6.42 Å². The summed E-state index contributed by atoms with van der Waals surface area (Å²) in [5, 5.41) is 3.45. The summed E-state index contributed by atoms with van der Waals surface area (Å²) in [6.45, 7) is 7.02. The van der Waals surface area contributed by atoms with Gasteiger partial charge in [0.05, 0.1) is 19.1 Å².